The summed E-state index contributed by atoms with van der Waals surface area (Å²) in [5.74, 6) is 0. The van der Waals surface area contributed by atoms with Crippen molar-refractivity contribution < 1.29 is 4.92 Å². The Labute approximate surface area is 128 Å². The minimum Gasteiger partial charge on any atom is -0.325 e. The first-order valence-electron chi connectivity index (χ1n) is 5.63. The highest BCUT2D eigenvalue weighted by atomic mass is 35.5. The summed E-state index contributed by atoms with van der Waals surface area (Å²) in [4.78, 5) is 24.8. The van der Waals surface area contributed by atoms with Crippen molar-refractivity contribution in [1.29, 1.82) is 5.26 Å². The van der Waals surface area contributed by atoms with Crippen LogP contribution in [0.25, 0.3) is 11.1 Å². The Bertz CT molecular complexity index is 853. The third-order valence-corrected chi connectivity index (χ3v) is 3.62. The molecule has 1 N–H and O–H groups in total. The quantitative estimate of drug-likeness (QED) is 0.675. The van der Waals surface area contributed by atoms with E-state index in [0.717, 1.165) is 0 Å². The molecule has 0 atom stereocenters. The molecule has 2 aromatic rings. The normalized spacial score (nSPS) is 10.2. The highest BCUT2D eigenvalue weighted by molar-refractivity contribution is 6.44. The lowest BCUT2D eigenvalue weighted by atomic mass is 9.99. The fourth-order valence-corrected chi connectivity index (χ4v) is 2.36. The lowest BCUT2D eigenvalue weighted by Crippen LogP contribution is -2.13. The molecular weight excluding hydrogens is 317 g/mol. The molecule has 1 aromatic heterocycles. The Balaban J connectivity index is 2.98. The Morgan fingerprint density at radius 2 is 2.05 bits per heavy atom. The molecule has 1 aromatic carbocycles. The van der Waals surface area contributed by atoms with Crippen LogP contribution >= 0.6 is 23.2 Å². The predicted octanol–water partition coefficient (Wildman–Crippen LogP) is 3.44. The summed E-state index contributed by atoms with van der Waals surface area (Å²) in [6.07, 6.45) is 0. The number of hydrogen-bond acceptors (Lipinski definition) is 4. The lowest BCUT2D eigenvalue weighted by molar-refractivity contribution is -0.384. The fourth-order valence-electron chi connectivity index (χ4n) is 1.95. The van der Waals surface area contributed by atoms with Crippen molar-refractivity contribution in [1.82, 2.24) is 4.98 Å². The number of hydrogen-bond donors (Lipinski definition) is 1. The number of H-pyrrole nitrogens is 1. The number of rotatable bonds is 2. The van der Waals surface area contributed by atoms with Gasteiger partial charge >= 0.3 is 0 Å². The third-order valence-electron chi connectivity index (χ3n) is 2.82. The lowest BCUT2D eigenvalue weighted by Gasteiger charge is -2.09. The van der Waals surface area contributed by atoms with Crippen LogP contribution in [-0.2, 0) is 0 Å². The molecule has 6 nitrogen and oxygen atoms in total. The number of nitriles is 1. The van der Waals surface area contributed by atoms with Crippen LogP contribution < -0.4 is 5.56 Å². The molecule has 0 fully saturated rings. The summed E-state index contributed by atoms with van der Waals surface area (Å²) < 4.78 is 0. The van der Waals surface area contributed by atoms with Gasteiger partial charge in [0.1, 0.15) is 11.6 Å². The summed E-state index contributed by atoms with van der Waals surface area (Å²) in [5.41, 5.74) is -0.742. The van der Waals surface area contributed by atoms with Crippen LogP contribution in [0.15, 0.2) is 23.0 Å². The largest absolute Gasteiger partial charge is 0.325 e. The van der Waals surface area contributed by atoms with Gasteiger partial charge in [-0.1, -0.05) is 23.2 Å². The number of nitrogens with one attached hydrogen (secondary N) is 1. The highest BCUT2D eigenvalue weighted by Crippen LogP contribution is 2.41. The van der Waals surface area contributed by atoms with Crippen molar-refractivity contribution in [2.24, 2.45) is 0 Å². The minimum absolute atomic E-state index is 0.0417. The van der Waals surface area contributed by atoms with Crippen molar-refractivity contribution >= 4 is 28.9 Å². The van der Waals surface area contributed by atoms with Gasteiger partial charge in [0.05, 0.1) is 20.5 Å². The van der Waals surface area contributed by atoms with E-state index in [1.165, 1.54) is 18.2 Å². The number of nitrogens with zero attached hydrogens (tertiary/aromatic N) is 2. The maximum Gasteiger partial charge on any atom is 0.278 e. The average molecular weight is 324 g/mol. The minimum atomic E-state index is -0.644. The van der Waals surface area contributed by atoms with Gasteiger partial charge < -0.3 is 4.98 Å². The molecule has 0 saturated carbocycles. The standard InChI is InChI=1S/C13H7Cl2N3O3/c1-6-4-7(8(5-16)13(19)17-6)11-10(18(20)21)3-2-9(14)12(11)15/h2-4H,1H3,(H,17,19). The van der Waals surface area contributed by atoms with Crippen LogP contribution in [0.2, 0.25) is 10.0 Å². The van der Waals surface area contributed by atoms with E-state index in [1.54, 1.807) is 13.0 Å². The summed E-state index contributed by atoms with van der Waals surface area (Å²) in [6, 6.07) is 5.65. The molecule has 0 bridgehead atoms. The topological polar surface area (TPSA) is 99.8 Å². The van der Waals surface area contributed by atoms with Crippen molar-refractivity contribution in [3.05, 3.63) is 60.0 Å². The molecule has 1 heterocycles. The van der Waals surface area contributed by atoms with Gasteiger partial charge in [-0.25, -0.2) is 0 Å². The van der Waals surface area contributed by atoms with Crippen LogP contribution in [0, 0.1) is 28.4 Å². The number of benzene rings is 1. The van der Waals surface area contributed by atoms with E-state index in [9.17, 15) is 14.9 Å². The van der Waals surface area contributed by atoms with E-state index in [0.29, 0.717) is 5.69 Å². The van der Waals surface area contributed by atoms with Gasteiger partial charge in [0, 0.05) is 17.3 Å². The van der Waals surface area contributed by atoms with E-state index < -0.39 is 10.5 Å². The van der Waals surface area contributed by atoms with Gasteiger partial charge in [-0.3, -0.25) is 14.9 Å². The number of aryl methyl sites for hydroxylation is 1. The van der Waals surface area contributed by atoms with Crippen LogP contribution in [0.4, 0.5) is 5.69 Å². The number of aromatic amines is 1. The van der Waals surface area contributed by atoms with Crippen molar-refractivity contribution in [3.8, 4) is 17.2 Å². The highest BCUT2D eigenvalue weighted by Gasteiger charge is 2.24. The number of pyridine rings is 1. The first kappa shape index (κ1) is 15.0. The Kier molecular flexibility index (Phi) is 3.98. The monoisotopic (exact) mass is 323 g/mol. The molecule has 0 aliphatic carbocycles. The summed E-state index contributed by atoms with van der Waals surface area (Å²) in [5, 5.41) is 20.3. The molecular formula is C13H7Cl2N3O3. The Hall–Kier alpha value is -2.36. The van der Waals surface area contributed by atoms with Crippen LogP contribution in [0.1, 0.15) is 11.3 Å². The van der Waals surface area contributed by atoms with E-state index in [2.05, 4.69) is 4.98 Å². The molecule has 2 rings (SSSR count). The van der Waals surface area contributed by atoms with E-state index >= 15 is 0 Å². The molecule has 0 unspecified atom stereocenters. The number of halogens is 2. The second-order valence-electron chi connectivity index (χ2n) is 4.19. The van der Waals surface area contributed by atoms with Gasteiger partial charge in [0.25, 0.3) is 11.2 Å². The van der Waals surface area contributed by atoms with Crippen LogP contribution in [0.5, 0.6) is 0 Å². The SMILES string of the molecule is Cc1cc(-c2c([N+](=O)[O-])ccc(Cl)c2Cl)c(C#N)c(=O)[nH]1. The Morgan fingerprint density at radius 3 is 2.62 bits per heavy atom. The van der Waals surface area contributed by atoms with E-state index in [-0.39, 0.29) is 32.4 Å². The summed E-state index contributed by atoms with van der Waals surface area (Å²) in [7, 11) is 0. The average Bonchev–Trinajstić information content (AvgIpc) is 2.40. The van der Waals surface area contributed by atoms with Crippen molar-refractivity contribution in [2.45, 2.75) is 6.92 Å². The summed E-state index contributed by atoms with van der Waals surface area (Å²) in [6.45, 7) is 1.59. The fraction of sp³-hybridized carbons (Fsp3) is 0.0769. The van der Waals surface area contributed by atoms with Crippen molar-refractivity contribution in [2.75, 3.05) is 0 Å². The van der Waals surface area contributed by atoms with Crippen LogP contribution in [0.3, 0.4) is 0 Å². The van der Waals surface area contributed by atoms with E-state index in [4.69, 9.17) is 28.5 Å². The predicted molar refractivity (Wildman–Crippen MR) is 78.6 cm³/mol. The van der Waals surface area contributed by atoms with Gasteiger partial charge in [-0.15, -0.1) is 0 Å². The first-order chi connectivity index (χ1) is 9.86. The molecule has 8 heteroatoms. The molecule has 0 saturated heterocycles. The molecule has 0 radical (unpaired) electrons. The molecule has 0 aliphatic heterocycles. The number of aromatic nitrogens is 1. The molecule has 0 aliphatic rings. The maximum atomic E-state index is 11.8. The van der Waals surface area contributed by atoms with Gasteiger partial charge in [-0.2, -0.15) is 5.26 Å². The molecule has 0 spiro atoms. The molecule has 0 amide bonds. The van der Waals surface area contributed by atoms with Crippen LogP contribution in [-0.4, -0.2) is 9.91 Å². The maximum absolute atomic E-state index is 11.8. The zero-order chi connectivity index (χ0) is 15.7. The Morgan fingerprint density at radius 1 is 1.38 bits per heavy atom. The van der Waals surface area contributed by atoms with Crippen molar-refractivity contribution in [3.63, 3.8) is 0 Å². The second kappa shape index (κ2) is 5.56. The van der Waals surface area contributed by atoms with Gasteiger partial charge in [0.2, 0.25) is 0 Å². The smallest absolute Gasteiger partial charge is 0.278 e. The second-order valence-corrected chi connectivity index (χ2v) is 4.98. The number of nitro groups is 1. The van der Waals surface area contributed by atoms with Gasteiger partial charge in [-0.05, 0) is 19.1 Å². The molecule has 106 valence electrons. The van der Waals surface area contributed by atoms with Gasteiger partial charge in [0.15, 0.2) is 0 Å². The zero-order valence-corrected chi connectivity index (χ0v) is 12.1. The third kappa shape index (κ3) is 2.61. The zero-order valence-electron chi connectivity index (χ0n) is 10.6. The van der Waals surface area contributed by atoms with E-state index in [1.807, 2.05) is 0 Å². The number of nitro benzene ring substituents is 1. The summed E-state index contributed by atoms with van der Waals surface area (Å²) >= 11 is 11.9. The first-order valence-corrected chi connectivity index (χ1v) is 6.39. The molecule has 21 heavy (non-hydrogen) atoms.